The minimum absolute atomic E-state index is 0.402. The van der Waals surface area contributed by atoms with Crippen LogP contribution in [-0.4, -0.2) is 34.7 Å². The minimum atomic E-state index is -0.402. The van der Waals surface area contributed by atoms with Crippen LogP contribution < -0.4 is 5.73 Å². The van der Waals surface area contributed by atoms with Crippen LogP contribution in [0.5, 0.6) is 0 Å². The summed E-state index contributed by atoms with van der Waals surface area (Å²) in [5.41, 5.74) is 6.05. The molecule has 17 heavy (non-hydrogen) atoms. The monoisotopic (exact) mass is 238 g/mol. The van der Waals surface area contributed by atoms with Crippen LogP contribution in [0.25, 0.3) is 0 Å². The van der Waals surface area contributed by atoms with E-state index in [-0.39, 0.29) is 0 Å². The van der Waals surface area contributed by atoms with Crippen LogP contribution in [0.1, 0.15) is 44.8 Å². The molecule has 0 aliphatic carbocycles. The lowest BCUT2D eigenvalue weighted by molar-refractivity contribution is 0.282. The Labute approximate surface area is 102 Å². The first-order valence-electron chi connectivity index (χ1n) is 6.52. The van der Waals surface area contributed by atoms with Gasteiger partial charge in [-0.25, -0.2) is 0 Å². The second kappa shape index (κ2) is 5.14. The molecule has 1 fully saturated rings. The molecular weight excluding hydrogens is 216 g/mol. The van der Waals surface area contributed by atoms with E-state index in [0.717, 1.165) is 45.3 Å². The van der Waals surface area contributed by atoms with E-state index in [4.69, 9.17) is 10.3 Å². The third kappa shape index (κ3) is 2.66. The van der Waals surface area contributed by atoms with Crippen LogP contribution in [0.4, 0.5) is 0 Å². The second-order valence-corrected chi connectivity index (χ2v) is 4.81. The highest BCUT2D eigenvalue weighted by Crippen LogP contribution is 2.28. The van der Waals surface area contributed by atoms with Crippen molar-refractivity contribution >= 4 is 0 Å². The summed E-state index contributed by atoms with van der Waals surface area (Å²) in [5, 5.41) is 4.05. The Morgan fingerprint density at radius 2 is 2.18 bits per heavy atom. The molecular formula is C12H22N4O. The number of hydrogen-bond donors (Lipinski definition) is 1. The van der Waals surface area contributed by atoms with E-state index in [1.54, 1.807) is 0 Å². The Bertz CT molecular complexity index is 365. The maximum atomic E-state index is 6.45. The molecule has 2 heterocycles. The lowest BCUT2D eigenvalue weighted by Crippen LogP contribution is -2.39. The van der Waals surface area contributed by atoms with E-state index < -0.39 is 5.54 Å². The van der Waals surface area contributed by atoms with Crippen molar-refractivity contribution in [3.63, 3.8) is 0 Å². The zero-order valence-corrected chi connectivity index (χ0v) is 10.8. The number of nitrogens with zero attached hydrogens (tertiary/aromatic N) is 3. The molecule has 96 valence electrons. The van der Waals surface area contributed by atoms with Gasteiger partial charge in [0.1, 0.15) is 0 Å². The fourth-order valence-corrected chi connectivity index (χ4v) is 2.35. The molecule has 1 atom stereocenters. The Kier molecular flexibility index (Phi) is 3.79. The summed E-state index contributed by atoms with van der Waals surface area (Å²) in [4.78, 5) is 6.82. The molecule has 1 saturated heterocycles. The molecule has 0 bridgehead atoms. The van der Waals surface area contributed by atoms with Crippen molar-refractivity contribution < 1.29 is 4.52 Å². The average molecular weight is 238 g/mol. The molecule has 5 heteroatoms. The SMILES string of the molecule is CCc1nc(C2(N)CCCN(CC)CC2)no1. The first-order valence-corrected chi connectivity index (χ1v) is 6.52. The van der Waals surface area contributed by atoms with Crippen LogP contribution in [-0.2, 0) is 12.0 Å². The van der Waals surface area contributed by atoms with E-state index in [1.807, 2.05) is 6.92 Å². The van der Waals surface area contributed by atoms with Crippen LogP contribution in [0.3, 0.4) is 0 Å². The van der Waals surface area contributed by atoms with Crippen molar-refractivity contribution in [2.75, 3.05) is 19.6 Å². The lowest BCUT2D eigenvalue weighted by Gasteiger charge is -2.24. The highest BCUT2D eigenvalue weighted by atomic mass is 16.5. The Morgan fingerprint density at radius 1 is 1.35 bits per heavy atom. The van der Waals surface area contributed by atoms with Crippen molar-refractivity contribution in [1.29, 1.82) is 0 Å². The molecule has 1 unspecified atom stereocenters. The Morgan fingerprint density at radius 3 is 2.82 bits per heavy atom. The van der Waals surface area contributed by atoms with Gasteiger partial charge in [0.2, 0.25) is 5.89 Å². The summed E-state index contributed by atoms with van der Waals surface area (Å²) in [6.45, 7) is 7.42. The van der Waals surface area contributed by atoms with Crippen LogP contribution in [0.2, 0.25) is 0 Å². The lowest BCUT2D eigenvalue weighted by atomic mass is 9.91. The van der Waals surface area contributed by atoms with E-state index in [9.17, 15) is 0 Å². The molecule has 1 aliphatic rings. The summed E-state index contributed by atoms with van der Waals surface area (Å²) in [6.07, 6.45) is 3.71. The van der Waals surface area contributed by atoms with Crippen molar-refractivity contribution in [2.45, 2.75) is 45.1 Å². The van der Waals surface area contributed by atoms with Gasteiger partial charge in [-0.15, -0.1) is 0 Å². The minimum Gasteiger partial charge on any atom is -0.339 e. The maximum absolute atomic E-state index is 6.45. The molecule has 0 amide bonds. The molecule has 0 aromatic carbocycles. The van der Waals surface area contributed by atoms with Gasteiger partial charge < -0.3 is 15.2 Å². The Hall–Kier alpha value is -0.940. The topological polar surface area (TPSA) is 68.2 Å². The normalized spacial score (nSPS) is 27.0. The van der Waals surface area contributed by atoms with Crippen LogP contribution in [0, 0.1) is 0 Å². The summed E-state index contributed by atoms with van der Waals surface area (Å²) < 4.78 is 5.17. The maximum Gasteiger partial charge on any atom is 0.226 e. The van der Waals surface area contributed by atoms with E-state index in [1.165, 1.54) is 0 Å². The van der Waals surface area contributed by atoms with E-state index >= 15 is 0 Å². The van der Waals surface area contributed by atoms with Gasteiger partial charge in [-0.3, -0.25) is 0 Å². The van der Waals surface area contributed by atoms with Gasteiger partial charge in [-0.1, -0.05) is 19.0 Å². The van der Waals surface area contributed by atoms with Crippen molar-refractivity contribution in [3.8, 4) is 0 Å². The largest absolute Gasteiger partial charge is 0.339 e. The number of rotatable bonds is 3. The highest BCUT2D eigenvalue weighted by molar-refractivity contribution is 5.05. The first-order chi connectivity index (χ1) is 8.18. The predicted molar refractivity (Wildman–Crippen MR) is 65.5 cm³/mol. The number of hydrogen-bond acceptors (Lipinski definition) is 5. The number of aromatic nitrogens is 2. The smallest absolute Gasteiger partial charge is 0.226 e. The van der Waals surface area contributed by atoms with Gasteiger partial charge in [0.15, 0.2) is 5.82 Å². The van der Waals surface area contributed by atoms with Gasteiger partial charge in [-0.05, 0) is 32.4 Å². The van der Waals surface area contributed by atoms with E-state index in [2.05, 4.69) is 22.0 Å². The fraction of sp³-hybridized carbons (Fsp3) is 0.833. The van der Waals surface area contributed by atoms with Gasteiger partial charge in [0.25, 0.3) is 0 Å². The molecule has 0 spiro atoms. The summed E-state index contributed by atoms with van der Waals surface area (Å²) in [6, 6.07) is 0. The third-order valence-electron chi connectivity index (χ3n) is 3.63. The van der Waals surface area contributed by atoms with Crippen molar-refractivity contribution in [3.05, 3.63) is 11.7 Å². The molecule has 1 aliphatic heterocycles. The number of likely N-dealkylation sites (tertiary alicyclic amines) is 1. The molecule has 1 aromatic rings. The quantitative estimate of drug-likeness (QED) is 0.859. The standard InChI is InChI=1S/C12H22N4O/c1-3-10-14-11(15-17-10)12(13)6-5-8-16(4-2)9-7-12/h3-9,13H2,1-2H3. The van der Waals surface area contributed by atoms with Crippen LogP contribution >= 0.6 is 0 Å². The highest BCUT2D eigenvalue weighted by Gasteiger charge is 2.34. The Balaban J connectivity index is 2.12. The molecule has 2 N–H and O–H groups in total. The average Bonchev–Trinajstić information content (AvgIpc) is 2.75. The molecule has 0 saturated carbocycles. The second-order valence-electron chi connectivity index (χ2n) is 4.81. The van der Waals surface area contributed by atoms with Gasteiger partial charge in [0, 0.05) is 13.0 Å². The molecule has 1 aromatic heterocycles. The van der Waals surface area contributed by atoms with Gasteiger partial charge in [-0.2, -0.15) is 4.98 Å². The van der Waals surface area contributed by atoms with Gasteiger partial charge in [0.05, 0.1) is 5.54 Å². The molecule has 5 nitrogen and oxygen atoms in total. The zero-order valence-electron chi connectivity index (χ0n) is 10.8. The first kappa shape index (κ1) is 12.5. The predicted octanol–water partition coefficient (Wildman–Crippen LogP) is 1.29. The third-order valence-corrected chi connectivity index (χ3v) is 3.63. The summed E-state index contributed by atoms with van der Waals surface area (Å²) in [7, 11) is 0. The van der Waals surface area contributed by atoms with Crippen molar-refractivity contribution in [1.82, 2.24) is 15.0 Å². The summed E-state index contributed by atoms with van der Waals surface area (Å²) in [5.74, 6) is 1.37. The van der Waals surface area contributed by atoms with Crippen molar-refractivity contribution in [2.24, 2.45) is 5.73 Å². The molecule has 2 rings (SSSR count). The van der Waals surface area contributed by atoms with Crippen LogP contribution in [0.15, 0.2) is 4.52 Å². The zero-order chi connectivity index (χ0) is 12.3. The summed E-state index contributed by atoms with van der Waals surface area (Å²) >= 11 is 0. The fourth-order valence-electron chi connectivity index (χ4n) is 2.35. The number of aryl methyl sites for hydroxylation is 1. The van der Waals surface area contributed by atoms with Gasteiger partial charge >= 0.3 is 0 Å². The van der Waals surface area contributed by atoms with E-state index in [0.29, 0.717) is 11.7 Å². The molecule has 0 radical (unpaired) electrons. The number of nitrogens with two attached hydrogens (primary N) is 1.